The number of ether oxygens (including phenoxy) is 3. The second-order valence-corrected chi connectivity index (χ2v) is 10.6. The lowest BCUT2D eigenvalue weighted by Gasteiger charge is -2.37. The van der Waals surface area contributed by atoms with Gasteiger partial charge in [0.2, 0.25) is 0 Å². The van der Waals surface area contributed by atoms with Crippen molar-refractivity contribution < 1.29 is 33.4 Å². The Bertz CT molecular complexity index is 1130. The second-order valence-electron chi connectivity index (χ2n) is 10.6. The molecule has 10 heteroatoms. The predicted octanol–water partition coefficient (Wildman–Crippen LogP) is 4.17. The van der Waals surface area contributed by atoms with Crippen molar-refractivity contribution >= 4 is 24.2 Å². The zero-order chi connectivity index (χ0) is 27.9. The van der Waals surface area contributed by atoms with Crippen LogP contribution in [0.5, 0.6) is 0 Å². The van der Waals surface area contributed by atoms with Gasteiger partial charge in [0.25, 0.3) is 5.91 Å². The second kappa shape index (κ2) is 12.0. The number of cyclic esters (lactones) is 1. The van der Waals surface area contributed by atoms with E-state index in [0.717, 1.165) is 16.0 Å². The molecule has 38 heavy (non-hydrogen) atoms. The van der Waals surface area contributed by atoms with Gasteiger partial charge in [-0.1, -0.05) is 60.7 Å². The molecule has 0 aliphatic carbocycles. The van der Waals surface area contributed by atoms with E-state index in [1.54, 1.807) is 46.8 Å². The van der Waals surface area contributed by atoms with E-state index in [1.807, 2.05) is 48.5 Å². The number of hydrogen-bond acceptors (Lipinski definition) is 7. The SMILES string of the molecule is CC(C)(C)OC(=O)NC(C)(C)[C@@H](NC(=O)OCc1ccccc1)C(=O)N1C(=O)OCC1Cc1ccccc1. The summed E-state index contributed by atoms with van der Waals surface area (Å²) in [5.74, 6) is -0.744. The van der Waals surface area contributed by atoms with Crippen LogP contribution in [0.4, 0.5) is 14.4 Å². The Labute approximate surface area is 222 Å². The van der Waals surface area contributed by atoms with Crippen LogP contribution in [0.1, 0.15) is 45.7 Å². The van der Waals surface area contributed by atoms with Crippen LogP contribution in [0.15, 0.2) is 60.7 Å². The highest BCUT2D eigenvalue weighted by molar-refractivity contribution is 5.98. The van der Waals surface area contributed by atoms with Crippen molar-refractivity contribution in [1.29, 1.82) is 0 Å². The number of alkyl carbamates (subject to hydrolysis) is 2. The molecule has 2 atom stereocenters. The third-order valence-corrected chi connectivity index (χ3v) is 5.78. The molecule has 1 aliphatic heterocycles. The van der Waals surface area contributed by atoms with Crippen LogP contribution < -0.4 is 10.6 Å². The van der Waals surface area contributed by atoms with Crippen LogP contribution in [-0.4, -0.2) is 58.9 Å². The summed E-state index contributed by atoms with van der Waals surface area (Å²) in [7, 11) is 0. The average molecular weight is 526 g/mol. The van der Waals surface area contributed by atoms with Crippen LogP contribution in [0, 0.1) is 0 Å². The van der Waals surface area contributed by atoms with Gasteiger partial charge in [0.15, 0.2) is 0 Å². The van der Waals surface area contributed by atoms with Crippen LogP contribution >= 0.6 is 0 Å². The summed E-state index contributed by atoms with van der Waals surface area (Å²) in [6, 6.07) is 16.4. The summed E-state index contributed by atoms with van der Waals surface area (Å²) in [6.07, 6.45) is -2.14. The highest BCUT2D eigenvalue weighted by atomic mass is 16.6. The fraction of sp³-hybridized carbons (Fsp3) is 0.429. The molecule has 0 saturated carbocycles. The molecule has 0 aromatic heterocycles. The number of hydrogen-bond donors (Lipinski definition) is 2. The average Bonchev–Trinajstić information content (AvgIpc) is 3.20. The smallest absolute Gasteiger partial charge is 0.417 e. The Hall–Kier alpha value is -4.08. The Morgan fingerprint density at radius 1 is 0.947 bits per heavy atom. The van der Waals surface area contributed by atoms with Gasteiger partial charge in [-0.15, -0.1) is 0 Å². The molecule has 1 unspecified atom stereocenters. The number of nitrogens with one attached hydrogen (secondary N) is 2. The zero-order valence-corrected chi connectivity index (χ0v) is 22.4. The van der Waals surface area contributed by atoms with E-state index in [4.69, 9.17) is 14.2 Å². The van der Waals surface area contributed by atoms with E-state index < -0.39 is 47.4 Å². The maximum Gasteiger partial charge on any atom is 0.417 e. The molecule has 0 radical (unpaired) electrons. The van der Waals surface area contributed by atoms with Crippen molar-refractivity contribution in [2.75, 3.05) is 6.61 Å². The lowest BCUT2D eigenvalue weighted by Crippen LogP contribution is -2.66. The highest BCUT2D eigenvalue weighted by Crippen LogP contribution is 2.22. The fourth-order valence-electron chi connectivity index (χ4n) is 3.98. The number of benzene rings is 2. The maximum atomic E-state index is 13.8. The number of carbonyl (C=O) groups excluding carboxylic acids is 4. The highest BCUT2D eigenvalue weighted by Gasteiger charge is 2.47. The molecule has 1 fully saturated rings. The number of rotatable bonds is 8. The topological polar surface area (TPSA) is 123 Å². The normalized spacial score (nSPS) is 16.3. The molecule has 2 aromatic carbocycles. The number of amides is 4. The summed E-state index contributed by atoms with van der Waals surface area (Å²) in [5, 5.41) is 5.19. The third kappa shape index (κ3) is 7.96. The van der Waals surface area contributed by atoms with Gasteiger partial charge in [-0.25, -0.2) is 19.3 Å². The van der Waals surface area contributed by atoms with Gasteiger partial charge in [0.1, 0.15) is 24.9 Å². The number of nitrogens with zero attached hydrogens (tertiary/aromatic N) is 1. The maximum absolute atomic E-state index is 13.8. The van der Waals surface area contributed by atoms with Gasteiger partial charge < -0.3 is 24.8 Å². The van der Waals surface area contributed by atoms with Crippen molar-refractivity contribution in [3.05, 3.63) is 71.8 Å². The first kappa shape index (κ1) is 28.5. The van der Waals surface area contributed by atoms with Crippen LogP contribution in [0.25, 0.3) is 0 Å². The molecule has 2 aromatic rings. The van der Waals surface area contributed by atoms with E-state index in [2.05, 4.69) is 10.6 Å². The molecule has 1 heterocycles. The summed E-state index contributed by atoms with van der Waals surface area (Å²) >= 11 is 0. The zero-order valence-electron chi connectivity index (χ0n) is 22.4. The van der Waals surface area contributed by atoms with Crippen LogP contribution in [0.3, 0.4) is 0 Å². The van der Waals surface area contributed by atoms with Crippen LogP contribution in [0.2, 0.25) is 0 Å². The Balaban J connectivity index is 1.82. The van der Waals surface area contributed by atoms with Crippen molar-refractivity contribution in [2.45, 2.75) is 70.9 Å². The summed E-state index contributed by atoms with van der Waals surface area (Å²) in [5.41, 5.74) is -0.513. The predicted molar refractivity (Wildman–Crippen MR) is 139 cm³/mol. The minimum atomic E-state index is -1.39. The van der Waals surface area contributed by atoms with Crippen molar-refractivity contribution in [3.8, 4) is 0 Å². The summed E-state index contributed by atoms with van der Waals surface area (Å²) in [4.78, 5) is 52.9. The molecule has 1 aliphatic rings. The van der Waals surface area contributed by atoms with Gasteiger partial charge in [-0.05, 0) is 52.2 Å². The molecule has 0 spiro atoms. The molecule has 204 valence electrons. The van der Waals surface area contributed by atoms with Gasteiger partial charge in [-0.2, -0.15) is 0 Å². The third-order valence-electron chi connectivity index (χ3n) is 5.78. The first-order valence-electron chi connectivity index (χ1n) is 12.4. The van der Waals surface area contributed by atoms with E-state index in [1.165, 1.54) is 0 Å². The standard InChI is InChI=1S/C28H35N3O7/c1-27(2,3)38-25(34)30-28(4,5)22(29-24(33)36-17-20-14-10-7-11-15-20)23(32)31-21(18-37-26(31)35)16-19-12-8-6-9-13-19/h6-15,21-22H,16-18H2,1-5H3,(H,29,33)(H,30,34)/t21?,22-/m0/s1. The molecule has 2 N–H and O–H groups in total. The number of carbonyl (C=O) groups is 4. The Morgan fingerprint density at radius 2 is 1.53 bits per heavy atom. The Kier molecular flexibility index (Phi) is 8.98. The molecular weight excluding hydrogens is 490 g/mol. The van der Waals surface area contributed by atoms with E-state index in [-0.39, 0.29) is 13.2 Å². The quantitative estimate of drug-likeness (QED) is 0.496. The Morgan fingerprint density at radius 3 is 2.11 bits per heavy atom. The molecule has 3 rings (SSSR count). The lowest BCUT2D eigenvalue weighted by molar-refractivity contribution is -0.133. The lowest BCUT2D eigenvalue weighted by atomic mass is 9.92. The largest absolute Gasteiger partial charge is 0.447 e. The molecule has 4 amide bonds. The van der Waals surface area contributed by atoms with E-state index in [9.17, 15) is 19.2 Å². The molecule has 10 nitrogen and oxygen atoms in total. The van der Waals surface area contributed by atoms with Gasteiger partial charge in [0.05, 0.1) is 11.6 Å². The molecular formula is C28H35N3O7. The van der Waals surface area contributed by atoms with Crippen molar-refractivity contribution in [3.63, 3.8) is 0 Å². The van der Waals surface area contributed by atoms with Gasteiger partial charge in [0, 0.05) is 0 Å². The fourth-order valence-corrected chi connectivity index (χ4v) is 3.98. The van der Waals surface area contributed by atoms with Gasteiger partial charge >= 0.3 is 18.3 Å². The van der Waals surface area contributed by atoms with Crippen molar-refractivity contribution in [1.82, 2.24) is 15.5 Å². The summed E-state index contributed by atoms with van der Waals surface area (Å²) < 4.78 is 15.9. The minimum absolute atomic E-state index is 0.00453. The first-order chi connectivity index (χ1) is 17.9. The molecule has 1 saturated heterocycles. The van der Waals surface area contributed by atoms with Crippen LogP contribution in [-0.2, 0) is 32.0 Å². The van der Waals surface area contributed by atoms with E-state index in [0.29, 0.717) is 6.42 Å². The van der Waals surface area contributed by atoms with Gasteiger partial charge in [-0.3, -0.25) is 4.79 Å². The minimum Gasteiger partial charge on any atom is -0.447 e. The van der Waals surface area contributed by atoms with E-state index >= 15 is 0 Å². The monoisotopic (exact) mass is 525 g/mol. The van der Waals surface area contributed by atoms with Crippen molar-refractivity contribution in [2.24, 2.45) is 0 Å². The summed E-state index contributed by atoms with van der Waals surface area (Å²) in [6.45, 7) is 8.18. The number of imide groups is 1. The first-order valence-corrected chi connectivity index (χ1v) is 12.4. The molecule has 0 bridgehead atoms.